The quantitative estimate of drug-likeness (QED) is 0.284. The van der Waals surface area contributed by atoms with Crippen LogP contribution in [0, 0.1) is 11.8 Å². The molecule has 0 N–H and O–H groups in total. The molecule has 1 saturated carbocycles. The molecule has 40 heavy (non-hydrogen) atoms. The Hall–Kier alpha value is -3.48. The summed E-state index contributed by atoms with van der Waals surface area (Å²) in [4.78, 5) is 33.0. The third kappa shape index (κ3) is 6.45. The lowest BCUT2D eigenvalue weighted by Gasteiger charge is -2.39. The van der Waals surface area contributed by atoms with E-state index in [9.17, 15) is 22.8 Å². The van der Waals surface area contributed by atoms with Crippen molar-refractivity contribution < 1.29 is 22.8 Å². The maximum Gasteiger partial charge on any atom is 0.416 e. The SMILES string of the molecule is CCc1ccc(C2CC(CC(=O)c3ccc(-c4cccc(C(F)(F)F)c4)cn3)CN(C(=O)C3CCCC3)C2)cc1. The van der Waals surface area contributed by atoms with Gasteiger partial charge in [-0.2, -0.15) is 13.2 Å². The molecule has 1 aliphatic heterocycles. The predicted molar refractivity (Wildman–Crippen MR) is 149 cm³/mol. The van der Waals surface area contributed by atoms with Crippen molar-refractivity contribution in [1.82, 2.24) is 9.88 Å². The Bertz CT molecular complexity index is 1330. The first-order valence-electron chi connectivity index (χ1n) is 14.3. The summed E-state index contributed by atoms with van der Waals surface area (Å²) in [6.45, 7) is 3.36. The maximum absolute atomic E-state index is 13.4. The Labute approximate surface area is 233 Å². The van der Waals surface area contributed by atoms with Crippen LogP contribution in [-0.4, -0.2) is 34.7 Å². The molecule has 3 aromatic rings. The lowest BCUT2D eigenvalue weighted by molar-refractivity contribution is -0.138. The molecule has 0 spiro atoms. The van der Waals surface area contributed by atoms with Gasteiger partial charge >= 0.3 is 6.18 Å². The molecule has 7 heteroatoms. The zero-order chi connectivity index (χ0) is 28.3. The highest BCUT2D eigenvalue weighted by molar-refractivity contribution is 5.94. The van der Waals surface area contributed by atoms with Crippen molar-refractivity contribution in [1.29, 1.82) is 0 Å². The first-order valence-corrected chi connectivity index (χ1v) is 14.3. The summed E-state index contributed by atoms with van der Waals surface area (Å²) in [7, 11) is 0. The van der Waals surface area contributed by atoms with Crippen LogP contribution in [-0.2, 0) is 17.4 Å². The van der Waals surface area contributed by atoms with Gasteiger partial charge in [-0.15, -0.1) is 0 Å². The Morgan fingerprint density at radius 2 is 1.70 bits per heavy atom. The van der Waals surface area contributed by atoms with Crippen LogP contribution >= 0.6 is 0 Å². The summed E-state index contributed by atoms with van der Waals surface area (Å²) in [6.07, 6.45) is 3.15. The van der Waals surface area contributed by atoms with Gasteiger partial charge in [0, 0.05) is 43.1 Å². The summed E-state index contributed by atoms with van der Waals surface area (Å²) < 4.78 is 39.4. The van der Waals surface area contributed by atoms with E-state index >= 15 is 0 Å². The van der Waals surface area contributed by atoms with Gasteiger partial charge in [-0.1, -0.05) is 62.2 Å². The van der Waals surface area contributed by atoms with E-state index in [2.05, 4.69) is 36.2 Å². The number of alkyl halides is 3. The number of piperidine rings is 1. The van der Waals surface area contributed by atoms with Crippen LogP contribution in [0.15, 0.2) is 66.9 Å². The Kier molecular flexibility index (Phi) is 8.38. The van der Waals surface area contributed by atoms with Crippen molar-refractivity contribution in [3.05, 3.63) is 89.2 Å². The third-order valence-electron chi connectivity index (χ3n) is 8.46. The summed E-state index contributed by atoms with van der Waals surface area (Å²) >= 11 is 0. The van der Waals surface area contributed by atoms with Crippen molar-refractivity contribution in [3.8, 4) is 11.1 Å². The fraction of sp³-hybridized carbons (Fsp3) is 0.424. The molecule has 4 nitrogen and oxygen atoms in total. The monoisotopic (exact) mass is 548 g/mol. The van der Waals surface area contributed by atoms with Gasteiger partial charge in [-0.3, -0.25) is 14.6 Å². The van der Waals surface area contributed by atoms with Gasteiger partial charge in [0.15, 0.2) is 5.78 Å². The maximum atomic E-state index is 13.4. The first kappa shape index (κ1) is 28.1. The summed E-state index contributed by atoms with van der Waals surface area (Å²) in [5, 5.41) is 0. The molecule has 5 rings (SSSR count). The number of halogens is 3. The molecule has 1 saturated heterocycles. The van der Waals surface area contributed by atoms with E-state index in [1.54, 1.807) is 18.2 Å². The van der Waals surface area contributed by atoms with Gasteiger partial charge in [0.2, 0.25) is 5.91 Å². The van der Waals surface area contributed by atoms with Gasteiger partial charge in [0.25, 0.3) is 0 Å². The lowest BCUT2D eigenvalue weighted by Crippen LogP contribution is -2.45. The minimum Gasteiger partial charge on any atom is -0.342 e. The molecule has 1 aromatic heterocycles. The molecule has 2 heterocycles. The van der Waals surface area contributed by atoms with E-state index in [1.165, 1.54) is 23.4 Å². The van der Waals surface area contributed by atoms with Crippen molar-refractivity contribution >= 4 is 11.7 Å². The smallest absolute Gasteiger partial charge is 0.342 e. The molecular formula is C33H35F3N2O2. The number of hydrogen-bond acceptors (Lipinski definition) is 3. The Balaban J connectivity index is 1.31. The Morgan fingerprint density at radius 3 is 2.35 bits per heavy atom. The summed E-state index contributed by atoms with van der Waals surface area (Å²) in [5.74, 6) is 0.360. The van der Waals surface area contributed by atoms with Crippen LogP contribution < -0.4 is 0 Å². The minimum absolute atomic E-state index is 0.00685. The van der Waals surface area contributed by atoms with Crippen LogP contribution in [0.4, 0.5) is 13.2 Å². The highest BCUT2D eigenvalue weighted by atomic mass is 19.4. The van der Waals surface area contributed by atoms with Gasteiger partial charge in [-0.25, -0.2) is 0 Å². The largest absolute Gasteiger partial charge is 0.416 e. The van der Waals surface area contributed by atoms with Crippen molar-refractivity contribution in [2.24, 2.45) is 11.8 Å². The van der Waals surface area contributed by atoms with Crippen LogP contribution in [0.1, 0.15) is 78.5 Å². The van der Waals surface area contributed by atoms with Crippen LogP contribution in [0.3, 0.4) is 0 Å². The molecule has 2 aromatic carbocycles. The van der Waals surface area contributed by atoms with E-state index in [4.69, 9.17) is 0 Å². The second-order valence-corrected chi connectivity index (χ2v) is 11.3. The molecule has 1 amide bonds. The number of rotatable bonds is 7. The number of hydrogen-bond donors (Lipinski definition) is 0. The minimum atomic E-state index is -4.43. The second kappa shape index (κ2) is 11.9. The fourth-order valence-electron chi connectivity index (χ4n) is 6.20. The molecule has 2 atom stereocenters. The first-order chi connectivity index (χ1) is 19.2. The topological polar surface area (TPSA) is 50.3 Å². The summed E-state index contributed by atoms with van der Waals surface area (Å²) in [5.41, 5.74) is 2.94. The number of benzene rings is 2. The van der Waals surface area contributed by atoms with Crippen molar-refractivity contribution in [3.63, 3.8) is 0 Å². The molecule has 2 fully saturated rings. The zero-order valence-electron chi connectivity index (χ0n) is 22.8. The molecule has 0 bridgehead atoms. The van der Waals surface area contributed by atoms with E-state index in [0.29, 0.717) is 29.9 Å². The van der Waals surface area contributed by atoms with Gasteiger partial charge in [0.1, 0.15) is 5.69 Å². The number of carbonyl (C=O) groups excluding carboxylic acids is 2. The number of amides is 1. The van der Waals surface area contributed by atoms with Crippen LogP contribution in [0.2, 0.25) is 0 Å². The fourth-order valence-corrected chi connectivity index (χ4v) is 6.20. The number of Topliss-reactive ketones (excluding diaryl/α,β-unsaturated/α-hetero) is 1. The van der Waals surface area contributed by atoms with Crippen molar-refractivity contribution in [2.75, 3.05) is 13.1 Å². The highest BCUT2D eigenvalue weighted by Crippen LogP contribution is 2.36. The third-order valence-corrected chi connectivity index (χ3v) is 8.46. The van der Waals surface area contributed by atoms with Gasteiger partial charge in [-0.05, 0) is 66.5 Å². The number of aryl methyl sites for hydroxylation is 1. The number of carbonyl (C=O) groups is 2. The molecule has 2 aliphatic rings. The molecule has 2 unspecified atom stereocenters. The average Bonchev–Trinajstić information content (AvgIpc) is 3.51. The number of pyridine rings is 1. The predicted octanol–water partition coefficient (Wildman–Crippen LogP) is 7.73. The van der Waals surface area contributed by atoms with Crippen LogP contribution in [0.25, 0.3) is 11.1 Å². The zero-order valence-corrected chi connectivity index (χ0v) is 22.8. The number of ketones is 1. The molecule has 1 aliphatic carbocycles. The standard InChI is InChI=1S/C33H35F3N2O2/c1-2-22-10-12-24(13-11-22)28-16-23(20-38(21-28)32(40)25-6-3-4-7-25)17-31(39)30-15-14-27(19-37-30)26-8-5-9-29(18-26)33(34,35)36/h5,8-15,18-19,23,25,28H,2-4,6-7,16-17,20-21H2,1H3. The average molecular weight is 549 g/mol. The second-order valence-electron chi connectivity index (χ2n) is 11.3. The normalized spacial score (nSPS) is 20.1. The van der Waals surface area contributed by atoms with Gasteiger partial charge in [0.05, 0.1) is 5.56 Å². The van der Waals surface area contributed by atoms with E-state index in [-0.39, 0.29) is 35.9 Å². The molecule has 210 valence electrons. The number of aromatic nitrogens is 1. The molecular weight excluding hydrogens is 513 g/mol. The van der Waals surface area contributed by atoms with E-state index in [0.717, 1.165) is 50.7 Å². The van der Waals surface area contributed by atoms with E-state index in [1.807, 2.05) is 4.90 Å². The summed E-state index contributed by atoms with van der Waals surface area (Å²) in [6, 6.07) is 16.9. The lowest BCUT2D eigenvalue weighted by atomic mass is 9.81. The number of nitrogens with zero attached hydrogens (tertiary/aromatic N) is 2. The number of likely N-dealkylation sites (tertiary alicyclic amines) is 1. The molecule has 0 radical (unpaired) electrons. The van der Waals surface area contributed by atoms with E-state index < -0.39 is 11.7 Å². The van der Waals surface area contributed by atoms with Crippen LogP contribution in [0.5, 0.6) is 0 Å². The van der Waals surface area contributed by atoms with Gasteiger partial charge < -0.3 is 4.90 Å². The van der Waals surface area contributed by atoms with Crippen molar-refractivity contribution in [2.45, 2.75) is 64.0 Å². The highest BCUT2D eigenvalue weighted by Gasteiger charge is 2.36. The Morgan fingerprint density at radius 1 is 0.950 bits per heavy atom.